The lowest BCUT2D eigenvalue weighted by Gasteiger charge is -1.96. The van der Waals surface area contributed by atoms with Crippen LogP contribution in [-0.4, -0.2) is 28.0 Å². The average molecular weight is 228 g/mol. The third kappa shape index (κ3) is 1.61. The number of para-hydroxylation sites is 1. The zero-order valence-electron chi connectivity index (χ0n) is 10.1. The molecule has 4 nitrogen and oxygen atoms in total. The molecule has 0 fully saturated rings. The van der Waals surface area contributed by atoms with Crippen LogP contribution in [0.4, 0.5) is 0 Å². The maximum atomic E-state index is 4.63. The zero-order valence-corrected chi connectivity index (χ0v) is 10.1. The molecule has 0 radical (unpaired) electrons. The highest BCUT2D eigenvalue weighted by Crippen LogP contribution is 2.19. The molecule has 0 aliphatic heterocycles. The Bertz CT molecular complexity index is 662. The fraction of sp³-hybridized carbons (Fsp3) is 0.308. The molecule has 1 aromatic carbocycles. The average Bonchev–Trinajstić information content (AvgIpc) is 2.85. The van der Waals surface area contributed by atoms with Crippen LogP contribution in [0.25, 0.3) is 16.8 Å². The Labute approximate surface area is 99.7 Å². The van der Waals surface area contributed by atoms with Crippen LogP contribution in [0.5, 0.6) is 0 Å². The van der Waals surface area contributed by atoms with Crippen LogP contribution in [0.2, 0.25) is 0 Å². The minimum Gasteiger partial charge on any atom is -0.327 e. The van der Waals surface area contributed by atoms with Crippen molar-refractivity contribution in [1.82, 2.24) is 19.7 Å². The van der Waals surface area contributed by atoms with Crippen LogP contribution < -0.4 is 5.32 Å². The summed E-state index contributed by atoms with van der Waals surface area (Å²) >= 11 is 0. The van der Waals surface area contributed by atoms with Crippen LogP contribution in [0.15, 0.2) is 24.4 Å². The van der Waals surface area contributed by atoms with E-state index in [9.17, 15) is 0 Å². The number of imidazole rings is 2. The quantitative estimate of drug-likeness (QED) is 0.719. The van der Waals surface area contributed by atoms with Gasteiger partial charge in [0.25, 0.3) is 0 Å². The van der Waals surface area contributed by atoms with E-state index in [0.717, 1.165) is 24.3 Å². The molecular formula is C13H16N4. The molecule has 17 heavy (non-hydrogen) atoms. The van der Waals surface area contributed by atoms with Gasteiger partial charge in [-0.15, -0.1) is 0 Å². The van der Waals surface area contributed by atoms with Crippen molar-refractivity contribution in [2.24, 2.45) is 0 Å². The predicted octanol–water partition coefficient (Wildman–Crippen LogP) is 1.89. The molecule has 2 N–H and O–H groups in total. The van der Waals surface area contributed by atoms with E-state index in [4.69, 9.17) is 0 Å². The van der Waals surface area contributed by atoms with Crippen molar-refractivity contribution >= 4 is 16.8 Å². The van der Waals surface area contributed by atoms with Gasteiger partial charge in [-0.2, -0.15) is 0 Å². The highest BCUT2D eigenvalue weighted by Gasteiger charge is 2.08. The Hall–Kier alpha value is -1.81. The molecule has 0 bridgehead atoms. The van der Waals surface area contributed by atoms with Gasteiger partial charge < -0.3 is 10.3 Å². The van der Waals surface area contributed by atoms with E-state index in [0.29, 0.717) is 0 Å². The minimum atomic E-state index is 0.931. The highest BCUT2D eigenvalue weighted by molar-refractivity contribution is 5.82. The van der Waals surface area contributed by atoms with Crippen molar-refractivity contribution < 1.29 is 0 Å². The number of aromatic nitrogens is 3. The van der Waals surface area contributed by atoms with E-state index in [1.165, 1.54) is 16.8 Å². The number of benzene rings is 1. The molecule has 0 spiro atoms. The van der Waals surface area contributed by atoms with Gasteiger partial charge in [-0.3, -0.25) is 4.40 Å². The predicted molar refractivity (Wildman–Crippen MR) is 69.4 cm³/mol. The number of rotatable bonds is 3. The van der Waals surface area contributed by atoms with E-state index in [2.05, 4.69) is 51.0 Å². The van der Waals surface area contributed by atoms with Gasteiger partial charge in [0, 0.05) is 24.9 Å². The first-order valence-corrected chi connectivity index (χ1v) is 5.89. The van der Waals surface area contributed by atoms with Crippen LogP contribution in [0.1, 0.15) is 11.3 Å². The number of nitrogens with one attached hydrogen (secondary N) is 2. The molecule has 0 aliphatic carbocycles. The van der Waals surface area contributed by atoms with Crippen LogP contribution in [0, 0.1) is 6.92 Å². The van der Waals surface area contributed by atoms with Gasteiger partial charge in [0.1, 0.15) is 0 Å². The van der Waals surface area contributed by atoms with Crippen molar-refractivity contribution in [3.8, 4) is 0 Å². The molecular weight excluding hydrogens is 212 g/mol. The normalized spacial score (nSPS) is 11.6. The second-order valence-electron chi connectivity index (χ2n) is 4.38. The molecule has 0 atom stereocenters. The van der Waals surface area contributed by atoms with Crippen molar-refractivity contribution in [2.75, 3.05) is 13.6 Å². The van der Waals surface area contributed by atoms with Crippen LogP contribution in [0.3, 0.4) is 0 Å². The van der Waals surface area contributed by atoms with Crippen molar-refractivity contribution in [3.05, 3.63) is 35.7 Å². The molecule has 0 saturated heterocycles. The number of hydrogen-bond acceptors (Lipinski definition) is 2. The SMILES string of the molecule is CNCCc1cn2c(nc3c(C)cccc32)[nH]1. The monoisotopic (exact) mass is 228 g/mol. The number of hydrogen-bond donors (Lipinski definition) is 2. The molecule has 88 valence electrons. The molecule has 0 saturated carbocycles. The second-order valence-corrected chi connectivity index (χ2v) is 4.38. The van der Waals surface area contributed by atoms with E-state index < -0.39 is 0 Å². The summed E-state index contributed by atoms with van der Waals surface area (Å²) in [6, 6.07) is 6.28. The van der Waals surface area contributed by atoms with Crippen molar-refractivity contribution in [1.29, 1.82) is 0 Å². The smallest absolute Gasteiger partial charge is 0.212 e. The highest BCUT2D eigenvalue weighted by atomic mass is 15.1. The van der Waals surface area contributed by atoms with Gasteiger partial charge in [-0.05, 0) is 25.6 Å². The summed E-state index contributed by atoms with van der Waals surface area (Å²) < 4.78 is 2.13. The van der Waals surface area contributed by atoms with Gasteiger partial charge in [0.2, 0.25) is 5.78 Å². The maximum absolute atomic E-state index is 4.63. The summed E-state index contributed by atoms with van der Waals surface area (Å²) in [6.07, 6.45) is 3.13. The Morgan fingerprint density at radius 2 is 2.29 bits per heavy atom. The second kappa shape index (κ2) is 3.89. The molecule has 2 aromatic heterocycles. The zero-order chi connectivity index (χ0) is 11.8. The maximum Gasteiger partial charge on any atom is 0.212 e. The lowest BCUT2D eigenvalue weighted by molar-refractivity contribution is 0.780. The molecule has 3 aromatic rings. The van der Waals surface area contributed by atoms with Gasteiger partial charge >= 0.3 is 0 Å². The number of H-pyrrole nitrogens is 1. The fourth-order valence-electron chi connectivity index (χ4n) is 2.19. The van der Waals surface area contributed by atoms with Crippen molar-refractivity contribution in [3.63, 3.8) is 0 Å². The first-order chi connectivity index (χ1) is 8.29. The number of aromatic amines is 1. The Balaban J connectivity index is 2.15. The molecule has 0 unspecified atom stereocenters. The molecule has 4 heteroatoms. The van der Waals surface area contributed by atoms with Crippen LogP contribution in [-0.2, 0) is 6.42 Å². The van der Waals surface area contributed by atoms with E-state index in [1.807, 2.05) is 7.05 Å². The van der Waals surface area contributed by atoms with Crippen LogP contribution >= 0.6 is 0 Å². The topological polar surface area (TPSA) is 45.1 Å². The van der Waals surface area contributed by atoms with Gasteiger partial charge in [-0.1, -0.05) is 12.1 Å². The minimum absolute atomic E-state index is 0.931. The number of aryl methyl sites for hydroxylation is 1. The summed E-state index contributed by atoms with van der Waals surface area (Å²) in [5.41, 5.74) is 4.69. The molecule has 0 amide bonds. The molecule has 0 aliphatic rings. The largest absolute Gasteiger partial charge is 0.327 e. The molecule has 2 heterocycles. The first-order valence-electron chi connectivity index (χ1n) is 5.89. The lowest BCUT2D eigenvalue weighted by Crippen LogP contribution is -2.10. The van der Waals surface area contributed by atoms with E-state index >= 15 is 0 Å². The van der Waals surface area contributed by atoms with E-state index in [-0.39, 0.29) is 0 Å². The Kier molecular flexibility index (Phi) is 2.37. The van der Waals surface area contributed by atoms with E-state index in [1.54, 1.807) is 0 Å². The summed E-state index contributed by atoms with van der Waals surface area (Å²) in [5.74, 6) is 0.931. The van der Waals surface area contributed by atoms with Gasteiger partial charge in [0.15, 0.2) is 0 Å². The first kappa shape index (κ1) is 10.4. The third-order valence-electron chi connectivity index (χ3n) is 3.12. The van der Waals surface area contributed by atoms with Gasteiger partial charge in [-0.25, -0.2) is 4.98 Å². The number of fused-ring (bicyclic) bond motifs is 3. The summed E-state index contributed by atoms with van der Waals surface area (Å²) in [7, 11) is 1.97. The Morgan fingerprint density at radius 3 is 3.12 bits per heavy atom. The molecule has 3 rings (SSSR count). The standard InChI is InChI=1S/C13H16N4/c1-9-4-3-5-11-12(9)16-13-15-10(6-7-14-2)8-17(11)13/h3-5,8,14H,6-7H2,1-2H3,(H,15,16). The fourth-order valence-corrected chi connectivity index (χ4v) is 2.19. The third-order valence-corrected chi connectivity index (χ3v) is 3.12. The summed E-state index contributed by atoms with van der Waals surface area (Å²) in [4.78, 5) is 7.99. The number of nitrogens with zero attached hydrogens (tertiary/aromatic N) is 2. The summed E-state index contributed by atoms with van der Waals surface area (Å²) in [6.45, 7) is 3.07. The Morgan fingerprint density at radius 1 is 1.41 bits per heavy atom. The van der Waals surface area contributed by atoms with Gasteiger partial charge in [0.05, 0.1) is 11.0 Å². The lowest BCUT2D eigenvalue weighted by atomic mass is 10.2. The summed E-state index contributed by atoms with van der Waals surface area (Å²) in [5, 5.41) is 3.15. The number of likely N-dealkylation sites (N-methyl/N-ethyl adjacent to an activating group) is 1. The van der Waals surface area contributed by atoms with Crippen molar-refractivity contribution in [2.45, 2.75) is 13.3 Å².